The minimum atomic E-state index is 0.436. The SMILES string of the molecule is CCOc1ccnc(NC2CCCN(C)C2)n1. The van der Waals surface area contributed by atoms with E-state index in [-0.39, 0.29) is 0 Å². The quantitative estimate of drug-likeness (QED) is 0.856. The smallest absolute Gasteiger partial charge is 0.226 e. The summed E-state index contributed by atoms with van der Waals surface area (Å²) < 4.78 is 5.36. The van der Waals surface area contributed by atoms with E-state index in [0.717, 1.165) is 6.54 Å². The molecule has 5 nitrogen and oxygen atoms in total. The molecule has 1 aromatic rings. The summed E-state index contributed by atoms with van der Waals surface area (Å²) in [5, 5.41) is 3.37. The van der Waals surface area contributed by atoms with E-state index in [1.54, 1.807) is 12.3 Å². The van der Waals surface area contributed by atoms with E-state index in [9.17, 15) is 0 Å². The molecule has 94 valence electrons. The van der Waals surface area contributed by atoms with E-state index in [2.05, 4.69) is 27.2 Å². The molecule has 0 spiro atoms. The molecule has 17 heavy (non-hydrogen) atoms. The molecule has 2 heterocycles. The second kappa shape index (κ2) is 5.82. The third kappa shape index (κ3) is 3.56. The molecule has 1 aliphatic rings. The fourth-order valence-electron chi connectivity index (χ4n) is 2.11. The summed E-state index contributed by atoms with van der Waals surface area (Å²) in [7, 11) is 2.14. The van der Waals surface area contributed by atoms with Crippen molar-refractivity contribution in [3.63, 3.8) is 0 Å². The number of piperidine rings is 1. The average molecular weight is 236 g/mol. The first-order valence-corrected chi connectivity index (χ1v) is 6.19. The third-order valence-corrected chi connectivity index (χ3v) is 2.88. The molecule has 0 amide bonds. The Bertz CT molecular complexity index is 358. The molecule has 1 saturated heterocycles. The van der Waals surface area contributed by atoms with Crippen molar-refractivity contribution in [3.8, 4) is 5.88 Å². The average Bonchev–Trinajstić information content (AvgIpc) is 2.30. The highest BCUT2D eigenvalue weighted by atomic mass is 16.5. The Labute approximate surface area is 102 Å². The lowest BCUT2D eigenvalue weighted by Crippen LogP contribution is -2.40. The lowest BCUT2D eigenvalue weighted by Gasteiger charge is -2.30. The van der Waals surface area contributed by atoms with Gasteiger partial charge in [0.1, 0.15) is 0 Å². The van der Waals surface area contributed by atoms with Gasteiger partial charge in [-0.25, -0.2) is 4.98 Å². The van der Waals surface area contributed by atoms with Gasteiger partial charge in [0, 0.05) is 24.8 Å². The van der Waals surface area contributed by atoms with Crippen LogP contribution in [0.15, 0.2) is 12.3 Å². The molecule has 1 fully saturated rings. The minimum Gasteiger partial charge on any atom is -0.478 e. The summed E-state index contributed by atoms with van der Waals surface area (Å²) >= 11 is 0. The van der Waals surface area contributed by atoms with Crippen molar-refractivity contribution >= 4 is 5.95 Å². The third-order valence-electron chi connectivity index (χ3n) is 2.88. The summed E-state index contributed by atoms with van der Waals surface area (Å²) in [4.78, 5) is 10.9. The van der Waals surface area contributed by atoms with E-state index >= 15 is 0 Å². The molecule has 1 N–H and O–H groups in total. The maximum atomic E-state index is 5.36. The molecule has 0 bridgehead atoms. The van der Waals surface area contributed by atoms with Crippen molar-refractivity contribution in [1.29, 1.82) is 0 Å². The van der Waals surface area contributed by atoms with Crippen LogP contribution in [0.25, 0.3) is 0 Å². The predicted octanol–water partition coefficient (Wildman–Crippen LogP) is 1.38. The van der Waals surface area contributed by atoms with Gasteiger partial charge in [0.15, 0.2) is 0 Å². The zero-order valence-electron chi connectivity index (χ0n) is 10.5. The standard InChI is InChI=1S/C12H20N4O/c1-3-17-11-6-7-13-12(15-11)14-10-5-4-8-16(2)9-10/h6-7,10H,3-5,8-9H2,1-2H3,(H,13,14,15). The Kier molecular flexibility index (Phi) is 4.14. The van der Waals surface area contributed by atoms with Crippen LogP contribution in [0.4, 0.5) is 5.95 Å². The Morgan fingerprint density at radius 1 is 1.59 bits per heavy atom. The number of aromatic nitrogens is 2. The Hall–Kier alpha value is -1.36. The number of hydrogen-bond donors (Lipinski definition) is 1. The van der Waals surface area contributed by atoms with Gasteiger partial charge in [0.2, 0.25) is 11.8 Å². The van der Waals surface area contributed by atoms with Crippen LogP contribution in [-0.4, -0.2) is 47.7 Å². The molecule has 2 rings (SSSR count). The molecular weight excluding hydrogens is 216 g/mol. The van der Waals surface area contributed by atoms with Crippen LogP contribution in [0.5, 0.6) is 5.88 Å². The summed E-state index contributed by atoms with van der Waals surface area (Å²) in [6.45, 7) is 4.80. The van der Waals surface area contributed by atoms with Gasteiger partial charge >= 0.3 is 0 Å². The minimum absolute atomic E-state index is 0.436. The molecule has 0 aliphatic carbocycles. The van der Waals surface area contributed by atoms with Crippen molar-refractivity contribution in [2.45, 2.75) is 25.8 Å². The highest BCUT2D eigenvalue weighted by Crippen LogP contribution is 2.14. The van der Waals surface area contributed by atoms with Crippen LogP contribution in [0, 0.1) is 0 Å². The Morgan fingerprint density at radius 3 is 3.24 bits per heavy atom. The lowest BCUT2D eigenvalue weighted by atomic mass is 10.1. The van der Waals surface area contributed by atoms with E-state index in [1.807, 2.05) is 6.92 Å². The monoisotopic (exact) mass is 236 g/mol. The molecule has 5 heteroatoms. The molecule has 1 aromatic heterocycles. The van der Waals surface area contributed by atoms with Crippen LogP contribution < -0.4 is 10.1 Å². The number of rotatable bonds is 4. The van der Waals surface area contributed by atoms with Gasteiger partial charge in [0.25, 0.3) is 0 Å². The number of likely N-dealkylation sites (tertiary alicyclic amines) is 1. The topological polar surface area (TPSA) is 50.3 Å². The zero-order chi connectivity index (χ0) is 12.1. The number of anilines is 1. The first-order valence-electron chi connectivity index (χ1n) is 6.19. The van der Waals surface area contributed by atoms with Crippen molar-refractivity contribution in [3.05, 3.63) is 12.3 Å². The molecule has 0 aromatic carbocycles. The summed E-state index contributed by atoms with van der Waals surface area (Å²) in [6, 6.07) is 2.22. The predicted molar refractivity (Wildman–Crippen MR) is 67.3 cm³/mol. The molecule has 0 saturated carbocycles. The maximum Gasteiger partial charge on any atom is 0.226 e. The van der Waals surface area contributed by atoms with Gasteiger partial charge in [-0.1, -0.05) is 0 Å². The largest absolute Gasteiger partial charge is 0.478 e. The number of nitrogens with one attached hydrogen (secondary N) is 1. The van der Waals surface area contributed by atoms with Gasteiger partial charge in [-0.2, -0.15) is 4.98 Å². The van der Waals surface area contributed by atoms with Crippen molar-refractivity contribution in [2.24, 2.45) is 0 Å². The molecule has 1 unspecified atom stereocenters. The van der Waals surface area contributed by atoms with Crippen LogP contribution in [0.3, 0.4) is 0 Å². The first-order chi connectivity index (χ1) is 8.28. The van der Waals surface area contributed by atoms with Gasteiger partial charge in [-0.05, 0) is 33.4 Å². The van der Waals surface area contributed by atoms with Crippen LogP contribution in [0.1, 0.15) is 19.8 Å². The Balaban J connectivity index is 1.95. The Morgan fingerprint density at radius 2 is 2.47 bits per heavy atom. The maximum absolute atomic E-state index is 5.36. The van der Waals surface area contributed by atoms with E-state index < -0.39 is 0 Å². The highest BCUT2D eigenvalue weighted by Gasteiger charge is 2.17. The van der Waals surface area contributed by atoms with Crippen molar-refractivity contribution < 1.29 is 4.74 Å². The van der Waals surface area contributed by atoms with Gasteiger partial charge in [0.05, 0.1) is 6.61 Å². The second-order valence-electron chi connectivity index (χ2n) is 4.40. The highest BCUT2D eigenvalue weighted by molar-refractivity contribution is 5.29. The van der Waals surface area contributed by atoms with Crippen molar-refractivity contribution in [1.82, 2.24) is 14.9 Å². The summed E-state index contributed by atoms with van der Waals surface area (Å²) in [5.41, 5.74) is 0. The van der Waals surface area contributed by atoms with Gasteiger partial charge in [-0.3, -0.25) is 0 Å². The van der Waals surface area contributed by atoms with Gasteiger partial charge in [-0.15, -0.1) is 0 Å². The van der Waals surface area contributed by atoms with Crippen molar-refractivity contribution in [2.75, 3.05) is 32.1 Å². The van der Waals surface area contributed by atoms with E-state index in [4.69, 9.17) is 4.74 Å². The molecule has 0 radical (unpaired) electrons. The number of hydrogen-bond acceptors (Lipinski definition) is 5. The summed E-state index contributed by atoms with van der Waals surface area (Å²) in [5.74, 6) is 1.30. The van der Waals surface area contributed by atoms with Crippen LogP contribution in [0.2, 0.25) is 0 Å². The lowest BCUT2D eigenvalue weighted by molar-refractivity contribution is 0.260. The fourth-order valence-corrected chi connectivity index (χ4v) is 2.11. The number of likely N-dealkylation sites (N-methyl/N-ethyl adjacent to an activating group) is 1. The first kappa shape index (κ1) is 12.1. The van der Waals surface area contributed by atoms with E-state index in [0.29, 0.717) is 24.5 Å². The van der Waals surface area contributed by atoms with Gasteiger partial charge < -0.3 is 15.0 Å². The zero-order valence-corrected chi connectivity index (χ0v) is 10.5. The summed E-state index contributed by atoms with van der Waals surface area (Å²) in [6.07, 6.45) is 4.12. The molecule has 1 aliphatic heterocycles. The molecular formula is C12H20N4O. The normalized spacial score (nSPS) is 21.2. The van der Waals surface area contributed by atoms with Crippen LogP contribution in [-0.2, 0) is 0 Å². The number of nitrogens with zero attached hydrogens (tertiary/aromatic N) is 3. The molecule has 1 atom stereocenters. The fraction of sp³-hybridized carbons (Fsp3) is 0.667. The van der Waals surface area contributed by atoms with Crippen LogP contribution >= 0.6 is 0 Å². The number of ether oxygens (including phenoxy) is 1. The van der Waals surface area contributed by atoms with E-state index in [1.165, 1.54) is 19.4 Å². The second-order valence-corrected chi connectivity index (χ2v) is 4.40.